The first-order valence-electron chi connectivity index (χ1n) is 5.60. The van der Waals surface area contributed by atoms with Crippen LogP contribution in [0.1, 0.15) is 6.42 Å². The second kappa shape index (κ2) is 6.58. The molecule has 0 aliphatic carbocycles. The standard InChI is InChI=1S/C12H16N2O5/c1-13(8-7-11(15)19-3)9-5-4-6-10(18-2)12(9)14(16)17/h4-6H,7-8H2,1-3H3. The highest BCUT2D eigenvalue weighted by Gasteiger charge is 2.23. The van der Waals surface area contributed by atoms with E-state index >= 15 is 0 Å². The third-order valence-electron chi connectivity index (χ3n) is 2.67. The van der Waals surface area contributed by atoms with Crippen molar-refractivity contribution in [2.75, 3.05) is 32.7 Å². The van der Waals surface area contributed by atoms with Crippen LogP contribution >= 0.6 is 0 Å². The van der Waals surface area contributed by atoms with E-state index < -0.39 is 4.92 Å². The lowest BCUT2D eigenvalue weighted by Gasteiger charge is -2.19. The highest BCUT2D eigenvalue weighted by Crippen LogP contribution is 2.36. The predicted molar refractivity (Wildman–Crippen MR) is 69.6 cm³/mol. The number of esters is 1. The van der Waals surface area contributed by atoms with Gasteiger partial charge in [0.25, 0.3) is 0 Å². The normalized spacial score (nSPS) is 9.84. The molecular formula is C12H16N2O5. The van der Waals surface area contributed by atoms with Gasteiger partial charge in [-0.3, -0.25) is 14.9 Å². The number of nitrogens with zero attached hydrogens (tertiary/aromatic N) is 2. The monoisotopic (exact) mass is 268 g/mol. The van der Waals surface area contributed by atoms with Crippen molar-refractivity contribution >= 4 is 17.3 Å². The van der Waals surface area contributed by atoms with Gasteiger partial charge in [-0.25, -0.2) is 0 Å². The molecule has 0 aliphatic rings. The maximum atomic E-state index is 11.1. The number of para-hydroxylation sites is 1. The van der Waals surface area contributed by atoms with Gasteiger partial charge >= 0.3 is 11.7 Å². The summed E-state index contributed by atoms with van der Waals surface area (Å²) in [7, 11) is 4.35. The average molecular weight is 268 g/mol. The summed E-state index contributed by atoms with van der Waals surface area (Å²) in [5.74, 6) is -0.176. The molecule has 104 valence electrons. The minimum atomic E-state index is -0.497. The summed E-state index contributed by atoms with van der Waals surface area (Å²) in [4.78, 5) is 23.3. The number of nitro benzene ring substituents is 1. The molecule has 0 fully saturated rings. The van der Waals surface area contributed by atoms with Gasteiger partial charge in [-0.15, -0.1) is 0 Å². The maximum absolute atomic E-state index is 11.1. The van der Waals surface area contributed by atoms with E-state index in [0.29, 0.717) is 12.2 Å². The van der Waals surface area contributed by atoms with Crippen LogP contribution < -0.4 is 9.64 Å². The predicted octanol–water partition coefficient (Wildman–Crippen LogP) is 1.60. The van der Waals surface area contributed by atoms with E-state index in [0.717, 1.165) is 0 Å². The van der Waals surface area contributed by atoms with Gasteiger partial charge in [0, 0.05) is 13.6 Å². The van der Waals surface area contributed by atoms with Crippen molar-refractivity contribution in [3.8, 4) is 5.75 Å². The van der Waals surface area contributed by atoms with Crippen molar-refractivity contribution < 1.29 is 19.2 Å². The van der Waals surface area contributed by atoms with E-state index in [2.05, 4.69) is 4.74 Å². The first kappa shape index (κ1) is 14.7. The third-order valence-corrected chi connectivity index (χ3v) is 2.67. The molecule has 7 heteroatoms. The lowest BCUT2D eigenvalue weighted by molar-refractivity contribution is -0.385. The van der Waals surface area contributed by atoms with Crippen LogP contribution in [-0.2, 0) is 9.53 Å². The topological polar surface area (TPSA) is 81.9 Å². The molecular weight excluding hydrogens is 252 g/mol. The fourth-order valence-electron chi connectivity index (χ4n) is 1.65. The number of hydrogen-bond donors (Lipinski definition) is 0. The lowest BCUT2D eigenvalue weighted by Crippen LogP contribution is -2.22. The van der Waals surface area contributed by atoms with Crippen LogP contribution in [0.4, 0.5) is 11.4 Å². The molecule has 0 amide bonds. The van der Waals surface area contributed by atoms with Crippen LogP contribution in [-0.4, -0.2) is 38.7 Å². The van der Waals surface area contributed by atoms with Crippen LogP contribution in [0.2, 0.25) is 0 Å². The van der Waals surface area contributed by atoms with Gasteiger partial charge in [-0.05, 0) is 12.1 Å². The Labute approximate surface area is 110 Å². The molecule has 0 bridgehead atoms. The second-order valence-corrected chi connectivity index (χ2v) is 3.83. The number of hydrogen-bond acceptors (Lipinski definition) is 6. The largest absolute Gasteiger partial charge is 0.490 e. The molecule has 0 spiro atoms. The van der Waals surface area contributed by atoms with E-state index in [1.165, 1.54) is 20.3 Å². The van der Waals surface area contributed by atoms with Crippen molar-refractivity contribution in [3.05, 3.63) is 28.3 Å². The summed E-state index contributed by atoms with van der Waals surface area (Å²) in [6, 6.07) is 4.80. The fraction of sp³-hybridized carbons (Fsp3) is 0.417. The number of methoxy groups -OCH3 is 2. The van der Waals surface area contributed by atoms with E-state index in [1.54, 1.807) is 24.1 Å². The first-order valence-corrected chi connectivity index (χ1v) is 5.60. The van der Waals surface area contributed by atoms with E-state index in [9.17, 15) is 14.9 Å². The van der Waals surface area contributed by atoms with Crippen molar-refractivity contribution in [1.29, 1.82) is 0 Å². The van der Waals surface area contributed by atoms with Crippen molar-refractivity contribution in [3.63, 3.8) is 0 Å². The molecule has 7 nitrogen and oxygen atoms in total. The fourth-order valence-corrected chi connectivity index (χ4v) is 1.65. The van der Waals surface area contributed by atoms with Crippen molar-refractivity contribution in [2.24, 2.45) is 0 Å². The SMILES string of the molecule is COC(=O)CCN(C)c1cccc(OC)c1[N+](=O)[O-]. The van der Waals surface area contributed by atoms with Crippen LogP contribution in [0.3, 0.4) is 0 Å². The van der Waals surface area contributed by atoms with Crippen LogP contribution in [0.15, 0.2) is 18.2 Å². The van der Waals surface area contributed by atoms with Gasteiger partial charge in [0.1, 0.15) is 5.69 Å². The Morgan fingerprint density at radius 3 is 2.63 bits per heavy atom. The second-order valence-electron chi connectivity index (χ2n) is 3.83. The van der Waals surface area contributed by atoms with Crippen LogP contribution in [0, 0.1) is 10.1 Å². The third kappa shape index (κ3) is 3.57. The van der Waals surface area contributed by atoms with Gasteiger partial charge in [0.15, 0.2) is 5.75 Å². The molecule has 0 saturated heterocycles. The quantitative estimate of drug-likeness (QED) is 0.443. The summed E-state index contributed by atoms with van der Waals surface area (Å²) in [6.07, 6.45) is 0.154. The summed E-state index contributed by atoms with van der Waals surface area (Å²) in [6.45, 7) is 0.320. The van der Waals surface area contributed by atoms with Gasteiger partial charge in [0.05, 0.1) is 25.6 Å². The number of ether oxygens (including phenoxy) is 2. The Bertz CT molecular complexity index is 475. The smallest absolute Gasteiger partial charge is 0.333 e. The maximum Gasteiger partial charge on any atom is 0.333 e. The van der Waals surface area contributed by atoms with E-state index in [-0.39, 0.29) is 23.8 Å². The lowest BCUT2D eigenvalue weighted by atomic mass is 10.2. The Morgan fingerprint density at radius 1 is 1.42 bits per heavy atom. The van der Waals surface area contributed by atoms with Crippen LogP contribution in [0.5, 0.6) is 5.75 Å². The summed E-state index contributed by atoms with van der Waals surface area (Å²) < 4.78 is 9.52. The van der Waals surface area contributed by atoms with Gasteiger partial charge in [-0.1, -0.05) is 6.07 Å². The van der Waals surface area contributed by atoms with Gasteiger partial charge in [-0.2, -0.15) is 0 Å². The number of rotatable bonds is 6. The van der Waals surface area contributed by atoms with E-state index in [4.69, 9.17) is 4.74 Å². The Morgan fingerprint density at radius 2 is 2.11 bits per heavy atom. The zero-order valence-electron chi connectivity index (χ0n) is 11.1. The molecule has 1 aromatic carbocycles. The molecule has 0 aliphatic heterocycles. The van der Waals surface area contributed by atoms with Gasteiger partial charge < -0.3 is 14.4 Å². The summed E-state index contributed by atoms with van der Waals surface area (Å²) in [5.41, 5.74) is 0.283. The summed E-state index contributed by atoms with van der Waals surface area (Å²) in [5, 5.41) is 11.1. The van der Waals surface area contributed by atoms with Crippen LogP contribution in [0.25, 0.3) is 0 Å². The Balaban J connectivity index is 2.99. The number of anilines is 1. The molecule has 1 rings (SSSR count). The molecule has 0 unspecified atom stereocenters. The minimum absolute atomic E-state index is 0.114. The Hall–Kier alpha value is -2.31. The molecule has 0 heterocycles. The first-order chi connectivity index (χ1) is 9.01. The molecule has 0 saturated carbocycles. The molecule has 0 atom stereocenters. The molecule has 1 aromatic rings. The van der Waals surface area contributed by atoms with Crippen molar-refractivity contribution in [1.82, 2.24) is 0 Å². The molecule has 19 heavy (non-hydrogen) atoms. The minimum Gasteiger partial charge on any atom is -0.490 e. The van der Waals surface area contributed by atoms with E-state index in [1.807, 2.05) is 0 Å². The number of benzene rings is 1. The van der Waals surface area contributed by atoms with Gasteiger partial charge in [0.2, 0.25) is 0 Å². The number of carbonyl (C=O) groups is 1. The number of nitro groups is 1. The zero-order chi connectivity index (χ0) is 14.4. The molecule has 0 radical (unpaired) electrons. The molecule has 0 aromatic heterocycles. The highest BCUT2D eigenvalue weighted by atomic mass is 16.6. The number of carbonyl (C=O) groups excluding carboxylic acids is 1. The summed E-state index contributed by atoms with van der Waals surface area (Å²) >= 11 is 0. The zero-order valence-corrected chi connectivity index (χ0v) is 11.1. The average Bonchev–Trinajstić information content (AvgIpc) is 2.42. The van der Waals surface area contributed by atoms with Crippen molar-refractivity contribution in [2.45, 2.75) is 6.42 Å². The molecule has 0 N–H and O–H groups in total. The Kier molecular flexibility index (Phi) is 5.11. The highest BCUT2D eigenvalue weighted by molar-refractivity contribution is 5.72.